The lowest BCUT2D eigenvalue weighted by Crippen LogP contribution is -2.27. The van der Waals surface area contributed by atoms with Crippen LogP contribution in [0.4, 0.5) is 10.5 Å². The largest absolute Gasteiger partial charge is 0.497 e. The van der Waals surface area contributed by atoms with Crippen molar-refractivity contribution >= 4 is 34.7 Å². The van der Waals surface area contributed by atoms with Gasteiger partial charge < -0.3 is 9.47 Å². The van der Waals surface area contributed by atoms with Crippen molar-refractivity contribution in [2.24, 2.45) is 0 Å². The van der Waals surface area contributed by atoms with E-state index in [0.29, 0.717) is 27.7 Å². The van der Waals surface area contributed by atoms with Gasteiger partial charge in [0.1, 0.15) is 11.5 Å². The molecule has 0 spiro atoms. The topological polar surface area (TPSA) is 55.8 Å². The first-order valence-corrected chi connectivity index (χ1v) is 8.00. The van der Waals surface area contributed by atoms with E-state index < -0.39 is 0 Å². The number of methoxy groups -OCH3 is 2. The molecule has 24 heavy (non-hydrogen) atoms. The monoisotopic (exact) mass is 341 g/mol. The molecule has 0 aromatic heterocycles. The minimum absolute atomic E-state index is 0.315. The van der Waals surface area contributed by atoms with Crippen molar-refractivity contribution < 1.29 is 19.1 Å². The summed E-state index contributed by atoms with van der Waals surface area (Å²) in [5.41, 5.74) is 1.27. The fourth-order valence-corrected chi connectivity index (χ4v) is 3.18. The van der Waals surface area contributed by atoms with Crippen molar-refractivity contribution in [1.82, 2.24) is 0 Å². The lowest BCUT2D eigenvalue weighted by Gasteiger charge is -2.11. The number of anilines is 1. The number of imide groups is 1. The first-order chi connectivity index (χ1) is 11.6. The molecule has 3 rings (SSSR count). The number of carbonyl (C=O) groups excluding carboxylic acids is 2. The fourth-order valence-electron chi connectivity index (χ4n) is 2.35. The Morgan fingerprint density at radius 1 is 1.00 bits per heavy atom. The number of hydrogen-bond donors (Lipinski definition) is 0. The summed E-state index contributed by atoms with van der Waals surface area (Å²) in [6, 6.07) is 14.2. The van der Waals surface area contributed by atoms with E-state index in [1.54, 1.807) is 62.8 Å². The zero-order valence-electron chi connectivity index (χ0n) is 13.2. The molecule has 6 heteroatoms. The van der Waals surface area contributed by atoms with Gasteiger partial charge in [0.25, 0.3) is 11.1 Å². The average molecular weight is 341 g/mol. The van der Waals surface area contributed by atoms with Crippen LogP contribution in [0.3, 0.4) is 0 Å². The van der Waals surface area contributed by atoms with Gasteiger partial charge in [-0.05, 0) is 42.1 Å². The second-order valence-electron chi connectivity index (χ2n) is 4.96. The standard InChI is InChI=1S/C18H15NO4S/c1-22-14-9-8-12(15(11-14)23-2)10-16-17(20)19(18(21)24-16)13-6-4-3-5-7-13/h3-11H,1-2H3/b16-10+. The third-order valence-corrected chi connectivity index (χ3v) is 4.40. The van der Waals surface area contributed by atoms with Crippen molar-refractivity contribution in [3.63, 3.8) is 0 Å². The van der Waals surface area contributed by atoms with Gasteiger partial charge >= 0.3 is 0 Å². The molecule has 0 N–H and O–H groups in total. The molecule has 1 aliphatic heterocycles. The molecule has 122 valence electrons. The predicted octanol–water partition coefficient (Wildman–Crippen LogP) is 3.94. The Balaban J connectivity index is 1.95. The number of para-hydroxylation sites is 1. The highest BCUT2D eigenvalue weighted by Gasteiger charge is 2.36. The number of thioether (sulfide) groups is 1. The molecule has 0 bridgehead atoms. The van der Waals surface area contributed by atoms with E-state index in [-0.39, 0.29) is 11.1 Å². The maximum atomic E-state index is 12.6. The number of ether oxygens (including phenoxy) is 2. The van der Waals surface area contributed by atoms with Gasteiger partial charge in [0.15, 0.2) is 0 Å². The van der Waals surface area contributed by atoms with Crippen molar-refractivity contribution in [2.45, 2.75) is 0 Å². The first kappa shape index (κ1) is 16.1. The molecule has 1 saturated heterocycles. The Morgan fingerprint density at radius 3 is 2.42 bits per heavy atom. The summed E-state index contributed by atoms with van der Waals surface area (Å²) < 4.78 is 10.5. The van der Waals surface area contributed by atoms with Crippen molar-refractivity contribution in [1.29, 1.82) is 0 Å². The van der Waals surface area contributed by atoms with E-state index in [1.165, 1.54) is 4.90 Å². The summed E-state index contributed by atoms with van der Waals surface area (Å²) in [5, 5.41) is -0.315. The number of rotatable bonds is 4. The van der Waals surface area contributed by atoms with Gasteiger partial charge in [-0.2, -0.15) is 0 Å². The van der Waals surface area contributed by atoms with Crippen molar-refractivity contribution in [3.05, 3.63) is 59.0 Å². The molecule has 1 aliphatic rings. The molecular weight excluding hydrogens is 326 g/mol. The van der Waals surface area contributed by atoms with Crippen LogP contribution >= 0.6 is 11.8 Å². The molecule has 2 aromatic carbocycles. The van der Waals surface area contributed by atoms with Crippen LogP contribution in [0.2, 0.25) is 0 Å². The second kappa shape index (κ2) is 6.80. The molecule has 5 nitrogen and oxygen atoms in total. The molecule has 0 saturated carbocycles. The van der Waals surface area contributed by atoms with Crippen molar-refractivity contribution in [2.75, 3.05) is 19.1 Å². The van der Waals surface area contributed by atoms with Gasteiger partial charge in [-0.25, -0.2) is 4.90 Å². The predicted molar refractivity (Wildman–Crippen MR) is 94.4 cm³/mol. The number of nitrogens with zero attached hydrogens (tertiary/aromatic N) is 1. The van der Waals surface area contributed by atoms with E-state index in [2.05, 4.69) is 0 Å². The van der Waals surface area contributed by atoms with E-state index >= 15 is 0 Å². The first-order valence-electron chi connectivity index (χ1n) is 7.19. The number of hydrogen-bond acceptors (Lipinski definition) is 5. The number of benzene rings is 2. The summed E-state index contributed by atoms with van der Waals surface area (Å²) in [6.45, 7) is 0. The molecule has 1 fully saturated rings. The second-order valence-corrected chi connectivity index (χ2v) is 5.95. The highest BCUT2D eigenvalue weighted by Crippen LogP contribution is 2.37. The third kappa shape index (κ3) is 3.00. The SMILES string of the molecule is COc1ccc(/C=C2/SC(=O)N(c3ccccc3)C2=O)c(OC)c1. The highest BCUT2D eigenvalue weighted by atomic mass is 32.2. The minimum atomic E-state index is -0.339. The fraction of sp³-hybridized carbons (Fsp3) is 0.111. The quantitative estimate of drug-likeness (QED) is 0.788. The van der Waals surface area contributed by atoms with E-state index in [1.807, 2.05) is 6.07 Å². The summed E-state index contributed by atoms with van der Waals surface area (Å²) in [6.07, 6.45) is 1.66. The summed E-state index contributed by atoms with van der Waals surface area (Å²) in [5.74, 6) is 0.885. The lowest BCUT2D eigenvalue weighted by atomic mass is 10.1. The van der Waals surface area contributed by atoms with Gasteiger partial charge in [-0.3, -0.25) is 9.59 Å². The smallest absolute Gasteiger partial charge is 0.298 e. The Hall–Kier alpha value is -2.73. The number of amides is 2. The van der Waals surface area contributed by atoms with E-state index in [0.717, 1.165) is 11.8 Å². The van der Waals surface area contributed by atoms with Gasteiger partial charge in [0.2, 0.25) is 0 Å². The Bertz CT molecular complexity index is 817. The molecule has 0 radical (unpaired) electrons. The molecule has 0 unspecified atom stereocenters. The van der Waals surface area contributed by atoms with Gasteiger partial charge in [-0.15, -0.1) is 0 Å². The van der Waals surface area contributed by atoms with Crippen LogP contribution < -0.4 is 14.4 Å². The third-order valence-electron chi connectivity index (χ3n) is 3.54. The average Bonchev–Trinajstić information content (AvgIpc) is 2.89. The lowest BCUT2D eigenvalue weighted by molar-refractivity contribution is -0.113. The zero-order valence-corrected chi connectivity index (χ0v) is 14.0. The molecule has 2 amide bonds. The Kier molecular flexibility index (Phi) is 4.57. The zero-order chi connectivity index (χ0) is 17.1. The Morgan fingerprint density at radius 2 is 1.75 bits per heavy atom. The summed E-state index contributed by atoms with van der Waals surface area (Å²) in [4.78, 5) is 26.3. The molecule has 1 heterocycles. The van der Waals surface area contributed by atoms with E-state index in [9.17, 15) is 9.59 Å². The van der Waals surface area contributed by atoms with E-state index in [4.69, 9.17) is 9.47 Å². The van der Waals surface area contributed by atoms with Crippen LogP contribution in [0.5, 0.6) is 11.5 Å². The molecule has 0 aliphatic carbocycles. The maximum absolute atomic E-state index is 12.6. The highest BCUT2D eigenvalue weighted by molar-refractivity contribution is 8.19. The van der Waals surface area contributed by atoms with Crippen LogP contribution in [-0.2, 0) is 4.79 Å². The Labute approximate surface area is 143 Å². The van der Waals surface area contributed by atoms with Gasteiger partial charge in [0, 0.05) is 11.6 Å². The molecule has 0 atom stereocenters. The van der Waals surface area contributed by atoms with Crippen LogP contribution in [-0.4, -0.2) is 25.4 Å². The van der Waals surface area contributed by atoms with Gasteiger partial charge in [-0.1, -0.05) is 18.2 Å². The van der Waals surface area contributed by atoms with Crippen LogP contribution in [0.1, 0.15) is 5.56 Å². The summed E-state index contributed by atoms with van der Waals surface area (Å²) >= 11 is 0.912. The van der Waals surface area contributed by atoms with Gasteiger partial charge in [0.05, 0.1) is 24.8 Å². The van der Waals surface area contributed by atoms with Crippen LogP contribution in [0.15, 0.2) is 53.4 Å². The number of carbonyl (C=O) groups is 2. The van der Waals surface area contributed by atoms with Crippen LogP contribution in [0, 0.1) is 0 Å². The normalized spacial score (nSPS) is 15.9. The maximum Gasteiger partial charge on any atom is 0.298 e. The summed E-state index contributed by atoms with van der Waals surface area (Å²) in [7, 11) is 3.11. The van der Waals surface area contributed by atoms with Crippen LogP contribution in [0.25, 0.3) is 6.08 Å². The molecule has 2 aromatic rings. The van der Waals surface area contributed by atoms with Crippen molar-refractivity contribution in [3.8, 4) is 11.5 Å². The minimum Gasteiger partial charge on any atom is -0.497 e. The molecular formula is C18H15NO4S.